The molecule has 0 spiro atoms. The molecule has 0 aliphatic carbocycles. The van der Waals surface area contributed by atoms with Crippen LogP contribution in [0.5, 0.6) is 0 Å². The van der Waals surface area contributed by atoms with Crippen LogP contribution in [-0.2, 0) is 0 Å². The molecule has 1 heteroatoms. The molecule has 54 valence electrons. The van der Waals surface area contributed by atoms with E-state index in [9.17, 15) is 0 Å². The molecule has 0 N–H and O–H groups in total. The average molecular weight is 142 g/mol. The number of hydrogen-bond donors (Lipinski definition) is 0. The number of rotatable bonds is 2. The lowest BCUT2D eigenvalue weighted by molar-refractivity contribution is 0.933. The van der Waals surface area contributed by atoms with Crippen molar-refractivity contribution in [2.24, 2.45) is 0 Å². The van der Waals surface area contributed by atoms with Crippen molar-refractivity contribution in [3.8, 4) is 0 Å². The summed E-state index contributed by atoms with van der Waals surface area (Å²) in [4.78, 5) is 0. The zero-order valence-corrected chi connectivity index (χ0v) is 8.07. The second-order valence-electron chi connectivity index (χ2n) is 4.04. The highest BCUT2D eigenvalue weighted by Crippen LogP contribution is 2.52. The van der Waals surface area contributed by atoms with E-state index in [1.165, 1.54) is 0 Å². The molecule has 1 saturated heterocycles. The van der Waals surface area contributed by atoms with Gasteiger partial charge in [0.05, 0.1) is 8.07 Å². The molecular formula is C8H18Si. The van der Waals surface area contributed by atoms with Crippen LogP contribution in [0.25, 0.3) is 0 Å². The Kier molecular flexibility index (Phi) is 1.72. The van der Waals surface area contributed by atoms with Gasteiger partial charge in [-0.2, -0.15) is 0 Å². The molecule has 0 nitrogen and oxygen atoms in total. The Balaban J connectivity index is 2.52. The van der Waals surface area contributed by atoms with Crippen molar-refractivity contribution in [1.82, 2.24) is 0 Å². The smallest absolute Gasteiger partial charge is 0.0581 e. The van der Waals surface area contributed by atoms with Gasteiger partial charge in [0.2, 0.25) is 0 Å². The minimum atomic E-state index is -0.608. The van der Waals surface area contributed by atoms with E-state index in [4.69, 9.17) is 0 Å². The fourth-order valence-electron chi connectivity index (χ4n) is 1.97. The van der Waals surface area contributed by atoms with Gasteiger partial charge in [0.15, 0.2) is 0 Å². The minimum absolute atomic E-state index is 0.608. The zero-order chi connectivity index (χ0) is 7.07. The van der Waals surface area contributed by atoms with Crippen LogP contribution in [0.4, 0.5) is 0 Å². The Morgan fingerprint density at radius 3 is 1.22 bits per heavy atom. The van der Waals surface area contributed by atoms with Crippen molar-refractivity contribution in [3.63, 3.8) is 0 Å². The summed E-state index contributed by atoms with van der Waals surface area (Å²) in [6.07, 6.45) is 0. The maximum atomic E-state index is 2.42. The van der Waals surface area contributed by atoms with Crippen LogP contribution in [0.1, 0.15) is 27.7 Å². The standard InChI is InChI=1S/C8H18Si/c1-7(2)9(5-6-9)8(3)4/h7-8H,5-6H2,1-4H3. The molecule has 0 unspecified atom stereocenters. The first-order valence-electron chi connectivity index (χ1n) is 4.09. The summed E-state index contributed by atoms with van der Waals surface area (Å²) in [6, 6.07) is 3.23. The predicted octanol–water partition coefficient (Wildman–Crippen LogP) is 3.27. The quantitative estimate of drug-likeness (QED) is 0.519. The van der Waals surface area contributed by atoms with E-state index < -0.39 is 8.07 Å². The van der Waals surface area contributed by atoms with Crippen LogP contribution < -0.4 is 0 Å². The number of hydrogen-bond acceptors (Lipinski definition) is 0. The van der Waals surface area contributed by atoms with Gasteiger partial charge in [-0.3, -0.25) is 0 Å². The van der Waals surface area contributed by atoms with Crippen molar-refractivity contribution in [2.45, 2.75) is 50.9 Å². The molecule has 1 heterocycles. The van der Waals surface area contributed by atoms with E-state index in [0.717, 1.165) is 11.1 Å². The Hall–Kier alpha value is 0.217. The van der Waals surface area contributed by atoms with E-state index in [1.807, 2.05) is 0 Å². The fraction of sp³-hybridized carbons (Fsp3) is 1.00. The molecule has 0 amide bonds. The second kappa shape index (κ2) is 2.12. The summed E-state index contributed by atoms with van der Waals surface area (Å²) >= 11 is 0. The van der Waals surface area contributed by atoms with Crippen LogP contribution in [0, 0.1) is 0 Å². The Labute approximate surface area is 59.7 Å². The first kappa shape index (κ1) is 7.33. The predicted molar refractivity (Wildman–Crippen MR) is 45.6 cm³/mol. The van der Waals surface area contributed by atoms with Crippen molar-refractivity contribution < 1.29 is 0 Å². The van der Waals surface area contributed by atoms with Gasteiger partial charge in [-0.25, -0.2) is 0 Å². The lowest BCUT2D eigenvalue weighted by atomic mass is 10.5. The van der Waals surface area contributed by atoms with E-state index in [1.54, 1.807) is 12.1 Å². The molecule has 0 saturated carbocycles. The second-order valence-corrected chi connectivity index (χ2v) is 9.82. The molecule has 0 bridgehead atoms. The van der Waals surface area contributed by atoms with Crippen LogP contribution >= 0.6 is 0 Å². The Bertz CT molecular complexity index is 91.1. The van der Waals surface area contributed by atoms with Gasteiger partial charge in [-0.1, -0.05) is 50.9 Å². The summed E-state index contributed by atoms with van der Waals surface area (Å²) in [5.41, 5.74) is 2.08. The SMILES string of the molecule is CC(C)[Si]1(C(C)C)CC1. The topological polar surface area (TPSA) is 0 Å². The summed E-state index contributed by atoms with van der Waals surface area (Å²) in [7, 11) is -0.608. The fourth-order valence-corrected chi connectivity index (χ4v) is 6.76. The van der Waals surface area contributed by atoms with Crippen LogP contribution in [0.15, 0.2) is 0 Å². The van der Waals surface area contributed by atoms with Gasteiger partial charge in [-0.15, -0.1) is 0 Å². The normalized spacial score (nSPS) is 23.3. The van der Waals surface area contributed by atoms with Crippen LogP contribution in [0.2, 0.25) is 23.2 Å². The molecule has 1 rings (SSSR count). The minimum Gasteiger partial charge on any atom is -0.0652 e. The van der Waals surface area contributed by atoms with E-state index in [0.29, 0.717) is 0 Å². The van der Waals surface area contributed by atoms with Crippen molar-refractivity contribution >= 4 is 8.07 Å². The van der Waals surface area contributed by atoms with Gasteiger partial charge in [0.1, 0.15) is 0 Å². The van der Waals surface area contributed by atoms with Crippen molar-refractivity contribution in [2.75, 3.05) is 0 Å². The van der Waals surface area contributed by atoms with E-state index in [-0.39, 0.29) is 0 Å². The van der Waals surface area contributed by atoms with Gasteiger partial charge in [0.25, 0.3) is 0 Å². The Morgan fingerprint density at radius 2 is 1.22 bits per heavy atom. The molecule has 1 aliphatic heterocycles. The molecule has 1 fully saturated rings. The highest BCUT2D eigenvalue weighted by Gasteiger charge is 2.49. The van der Waals surface area contributed by atoms with Gasteiger partial charge >= 0.3 is 0 Å². The van der Waals surface area contributed by atoms with E-state index in [2.05, 4.69) is 27.7 Å². The van der Waals surface area contributed by atoms with Crippen molar-refractivity contribution in [3.05, 3.63) is 0 Å². The highest BCUT2D eigenvalue weighted by atomic mass is 28.3. The highest BCUT2D eigenvalue weighted by molar-refractivity contribution is 6.91. The molecule has 9 heavy (non-hydrogen) atoms. The van der Waals surface area contributed by atoms with Gasteiger partial charge in [-0.05, 0) is 0 Å². The van der Waals surface area contributed by atoms with Gasteiger partial charge in [0, 0.05) is 0 Å². The lowest BCUT2D eigenvalue weighted by Gasteiger charge is -2.21. The molecule has 0 atom stereocenters. The molecule has 0 aromatic heterocycles. The van der Waals surface area contributed by atoms with Crippen LogP contribution in [-0.4, -0.2) is 8.07 Å². The van der Waals surface area contributed by atoms with Gasteiger partial charge < -0.3 is 0 Å². The van der Waals surface area contributed by atoms with Crippen molar-refractivity contribution in [1.29, 1.82) is 0 Å². The monoisotopic (exact) mass is 142 g/mol. The van der Waals surface area contributed by atoms with Crippen LogP contribution in [0.3, 0.4) is 0 Å². The first-order valence-corrected chi connectivity index (χ1v) is 6.66. The lowest BCUT2D eigenvalue weighted by Crippen LogP contribution is -2.22. The summed E-state index contributed by atoms with van der Waals surface area (Å²) in [5, 5.41) is 0. The largest absolute Gasteiger partial charge is 0.0652 e. The third kappa shape index (κ3) is 1.07. The third-order valence-electron chi connectivity index (χ3n) is 3.13. The molecule has 0 radical (unpaired) electrons. The Morgan fingerprint density at radius 1 is 0.889 bits per heavy atom. The molecule has 0 aromatic rings. The first-order chi connectivity index (χ1) is 4.09. The third-order valence-corrected chi connectivity index (χ3v) is 9.38. The maximum Gasteiger partial charge on any atom is 0.0581 e. The summed E-state index contributed by atoms with van der Waals surface area (Å²) < 4.78 is 0. The summed E-state index contributed by atoms with van der Waals surface area (Å²) in [5.74, 6) is 0. The molecule has 1 aliphatic rings. The molecule has 0 aromatic carbocycles. The summed E-state index contributed by atoms with van der Waals surface area (Å²) in [6.45, 7) is 9.66. The molecular weight excluding hydrogens is 124 g/mol. The van der Waals surface area contributed by atoms with E-state index >= 15 is 0 Å². The average Bonchev–Trinajstić information content (AvgIpc) is 2.40. The zero-order valence-electron chi connectivity index (χ0n) is 7.07. The maximum absolute atomic E-state index is 2.42.